The maximum Gasteiger partial charge on any atom is 0.0740 e. The van der Waals surface area contributed by atoms with Crippen LogP contribution in [-0.4, -0.2) is 6.21 Å². The predicted octanol–water partition coefficient (Wildman–Crippen LogP) is 7.20. The lowest BCUT2D eigenvalue weighted by Gasteiger charge is -2.02. The molecule has 132 valence electrons. The third-order valence-corrected chi connectivity index (χ3v) is 5.24. The summed E-state index contributed by atoms with van der Waals surface area (Å²) in [4.78, 5) is 4.84. The van der Waals surface area contributed by atoms with Crippen LogP contribution in [0.3, 0.4) is 0 Å². The van der Waals surface area contributed by atoms with E-state index in [-0.39, 0.29) is 0 Å². The number of nitrogens with zero attached hydrogens (tertiary/aromatic N) is 1. The first-order valence-electron chi connectivity index (χ1n) is 8.74. The summed E-state index contributed by atoms with van der Waals surface area (Å²) >= 11 is 9.56. The van der Waals surface area contributed by atoms with E-state index in [0.717, 1.165) is 32.7 Å². The van der Waals surface area contributed by atoms with Crippen LogP contribution in [0, 0.1) is 0 Å². The van der Waals surface area contributed by atoms with Gasteiger partial charge in [-0.1, -0.05) is 88.2 Å². The smallest absolute Gasteiger partial charge is 0.0740 e. The van der Waals surface area contributed by atoms with Crippen LogP contribution in [-0.2, 0) is 6.42 Å². The third-order valence-electron chi connectivity index (χ3n) is 4.50. The van der Waals surface area contributed by atoms with Gasteiger partial charge < -0.3 is 0 Å². The molecule has 0 saturated heterocycles. The number of fused-ring (bicyclic) bond motifs is 1. The van der Waals surface area contributed by atoms with Crippen LogP contribution in [0.2, 0.25) is 5.02 Å². The molecule has 0 spiro atoms. The number of allylic oxidation sites excluding steroid dienone is 2. The third kappa shape index (κ3) is 4.29. The highest BCUT2D eigenvalue weighted by Gasteiger charge is 2.19. The largest absolute Gasteiger partial charge is 0.255 e. The van der Waals surface area contributed by atoms with Crippen molar-refractivity contribution in [2.75, 3.05) is 0 Å². The molecule has 0 saturated carbocycles. The fourth-order valence-corrected chi connectivity index (χ4v) is 3.68. The Labute approximate surface area is 172 Å². The van der Waals surface area contributed by atoms with Crippen molar-refractivity contribution < 1.29 is 0 Å². The first kappa shape index (κ1) is 18.0. The quantitative estimate of drug-likeness (QED) is 0.385. The van der Waals surface area contributed by atoms with Crippen LogP contribution < -0.4 is 0 Å². The molecule has 0 atom stereocenters. The summed E-state index contributed by atoms with van der Waals surface area (Å²) in [6, 6.07) is 24.4. The minimum absolute atomic E-state index is 0.748. The second-order valence-electron chi connectivity index (χ2n) is 6.41. The predicted molar refractivity (Wildman–Crippen MR) is 119 cm³/mol. The molecule has 3 aromatic rings. The molecular formula is C24H17BrClN. The molecule has 0 radical (unpaired) electrons. The Balaban J connectivity index is 1.70. The average Bonchev–Trinajstić information content (AvgIpc) is 3.03. The van der Waals surface area contributed by atoms with Gasteiger partial charge in [0.15, 0.2) is 0 Å². The molecule has 1 aliphatic carbocycles. The maximum absolute atomic E-state index is 5.98. The fraction of sp³-hybridized carbons (Fsp3) is 0.0417. The minimum Gasteiger partial charge on any atom is -0.255 e. The molecule has 3 heteroatoms. The van der Waals surface area contributed by atoms with Gasteiger partial charge in [0, 0.05) is 27.7 Å². The van der Waals surface area contributed by atoms with Crippen molar-refractivity contribution >= 4 is 45.5 Å². The van der Waals surface area contributed by atoms with Gasteiger partial charge in [0.1, 0.15) is 0 Å². The highest BCUT2D eigenvalue weighted by Crippen LogP contribution is 2.36. The van der Waals surface area contributed by atoms with Crippen LogP contribution in [0.15, 0.2) is 93.9 Å². The Morgan fingerprint density at radius 1 is 0.852 bits per heavy atom. The van der Waals surface area contributed by atoms with E-state index in [9.17, 15) is 0 Å². The molecule has 4 rings (SSSR count). The zero-order valence-electron chi connectivity index (χ0n) is 14.6. The molecule has 0 unspecified atom stereocenters. The Morgan fingerprint density at radius 3 is 2.41 bits per heavy atom. The van der Waals surface area contributed by atoms with E-state index in [2.05, 4.69) is 58.4 Å². The van der Waals surface area contributed by atoms with E-state index in [1.165, 1.54) is 16.7 Å². The average molecular weight is 435 g/mol. The molecular weight excluding hydrogens is 418 g/mol. The number of hydrogen-bond acceptors (Lipinski definition) is 1. The van der Waals surface area contributed by atoms with E-state index >= 15 is 0 Å². The second-order valence-corrected chi connectivity index (χ2v) is 7.76. The maximum atomic E-state index is 5.98. The van der Waals surface area contributed by atoms with E-state index in [1.54, 1.807) is 0 Å². The van der Waals surface area contributed by atoms with E-state index in [1.807, 2.05) is 48.7 Å². The number of halogens is 2. The van der Waals surface area contributed by atoms with Crippen LogP contribution >= 0.6 is 27.5 Å². The second kappa shape index (κ2) is 8.08. The first-order valence-corrected chi connectivity index (χ1v) is 9.91. The monoisotopic (exact) mass is 433 g/mol. The molecule has 1 nitrogen and oxygen atoms in total. The van der Waals surface area contributed by atoms with Gasteiger partial charge in [0.25, 0.3) is 0 Å². The van der Waals surface area contributed by atoms with Crippen molar-refractivity contribution in [1.82, 2.24) is 0 Å². The lowest BCUT2D eigenvalue weighted by Crippen LogP contribution is -1.84. The summed E-state index contributed by atoms with van der Waals surface area (Å²) in [5.41, 5.74) is 6.95. The molecule has 3 aromatic carbocycles. The molecule has 27 heavy (non-hydrogen) atoms. The summed E-state index contributed by atoms with van der Waals surface area (Å²) in [5, 5.41) is 0.748. The number of aliphatic imine (C=N–C) groups is 1. The Bertz CT molecular complexity index is 1050. The molecule has 0 bridgehead atoms. The summed E-state index contributed by atoms with van der Waals surface area (Å²) in [5.74, 6) is 0. The van der Waals surface area contributed by atoms with E-state index in [4.69, 9.17) is 16.6 Å². The number of hydrogen-bond donors (Lipinski definition) is 0. The Morgan fingerprint density at radius 2 is 1.63 bits per heavy atom. The topological polar surface area (TPSA) is 12.4 Å². The Hall–Kier alpha value is -2.42. The molecule has 0 amide bonds. The van der Waals surface area contributed by atoms with Gasteiger partial charge in [-0.15, -0.1) is 0 Å². The Kier molecular flexibility index (Phi) is 5.38. The van der Waals surface area contributed by atoms with Gasteiger partial charge in [0.05, 0.1) is 5.70 Å². The van der Waals surface area contributed by atoms with Crippen molar-refractivity contribution in [1.29, 1.82) is 0 Å². The van der Waals surface area contributed by atoms with Crippen molar-refractivity contribution in [2.24, 2.45) is 4.99 Å². The van der Waals surface area contributed by atoms with Gasteiger partial charge in [0.2, 0.25) is 0 Å². The highest BCUT2D eigenvalue weighted by molar-refractivity contribution is 9.10. The summed E-state index contributed by atoms with van der Waals surface area (Å²) in [6.45, 7) is 0. The molecule has 1 aliphatic rings. The van der Waals surface area contributed by atoms with Crippen molar-refractivity contribution in [3.8, 4) is 0 Å². The van der Waals surface area contributed by atoms with Gasteiger partial charge in [-0.05, 0) is 46.5 Å². The zero-order valence-corrected chi connectivity index (χ0v) is 16.9. The van der Waals surface area contributed by atoms with Crippen LogP contribution in [0.4, 0.5) is 0 Å². The van der Waals surface area contributed by atoms with Crippen LogP contribution in [0.25, 0.3) is 11.8 Å². The molecule has 0 N–H and O–H groups in total. The molecule has 0 fully saturated rings. The van der Waals surface area contributed by atoms with E-state index in [0.29, 0.717) is 0 Å². The standard InChI is InChI=1S/C24H17BrClN/c25-21-10-13-23-20(15-21)14-19(9-6-17-7-11-22(26)12-8-17)24(23)27-16-18-4-2-1-3-5-18/h1-13,15-16H,14H2/b9-6+,27-16?. The van der Waals surface area contributed by atoms with Crippen molar-refractivity contribution in [3.63, 3.8) is 0 Å². The SMILES string of the molecule is Clc1ccc(/C=C/C2=C(N=Cc3ccccc3)c3ccc(Br)cc3C2)cc1. The lowest BCUT2D eigenvalue weighted by molar-refractivity contribution is 1.24. The molecule has 0 heterocycles. The van der Waals surface area contributed by atoms with Crippen molar-refractivity contribution in [2.45, 2.75) is 6.42 Å². The molecule has 0 aromatic heterocycles. The van der Waals surface area contributed by atoms with Crippen LogP contribution in [0.1, 0.15) is 22.3 Å². The van der Waals surface area contributed by atoms with E-state index < -0.39 is 0 Å². The van der Waals surface area contributed by atoms with Gasteiger partial charge >= 0.3 is 0 Å². The highest BCUT2D eigenvalue weighted by atomic mass is 79.9. The summed E-state index contributed by atoms with van der Waals surface area (Å²) < 4.78 is 1.09. The van der Waals surface area contributed by atoms with Gasteiger partial charge in [-0.2, -0.15) is 0 Å². The molecule has 0 aliphatic heterocycles. The summed E-state index contributed by atoms with van der Waals surface area (Å²) in [6.07, 6.45) is 7.09. The summed E-state index contributed by atoms with van der Waals surface area (Å²) in [7, 11) is 0. The lowest BCUT2D eigenvalue weighted by atomic mass is 10.1. The minimum atomic E-state index is 0.748. The van der Waals surface area contributed by atoms with Crippen LogP contribution in [0.5, 0.6) is 0 Å². The van der Waals surface area contributed by atoms with Crippen molar-refractivity contribution in [3.05, 3.63) is 116 Å². The van der Waals surface area contributed by atoms with Gasteiger partial charge in [-0.25, -0.2) is 0 Å². The fourth-order valence-electron chi connectivity index (χ4n) is 3.14. The number of benzene rings is 3. The first-order chi connectivity index (χ1) is 13.2. The normalized spacial score (nSPS) is 13.7. The number of rotatable bonds is 4. The van der Waals surface area contributed by atoms with Gasteiger partial charge in [-0.3, -0.25) is 4.99 Å². The zero-order chi connectivity index (χ0) is 18.6.